The van der Waals surface area contributed by atoms with Crippen LogP contribution in [0.2, 0.25) is 0 Å². The summed E-state index contributed by atoms with van der Waals surface area (Å²) in [5.41, 5.74) is 9.58. The quantitative estimate of drug-likeness (QED) is 0.809. The summed E-state index contributed by atoms with van der Waals surface area (Å²) < 4.78 is 5.05. The van der Waals surface area contributed by atoms with E-state index in [1.807, 2.05) is 19.1 Å². The van der Waals surface area contributed by atoms with Crippen LogP contribution in [-0.4, -0.2) is 19.0 Å². The van der Waals surface area contributed by atoms with Gasteiger partial charge in [0.2, 0.25) is 0 Å². The number of fused-ring (bicyclic) bond motifs is 1. The van der Waals surface area contributed by atoms with Crippen LogP contribution < -0.4 is 5.73 Å². The van der Waals surface area contributed by atoms with E-state index in [9.17, 15) is 4.79 Å². The van der Waals surface area contributed by atoms with E-state index in [1.54, 1.807) is 6.08 Å². The lowest BCUT2D eigenvalue weighted by Gasteiger charge is -2.04. The molecule has 1 aliphatic rings. The second-order valence-corrected chi connectivity index (χ2v) is 4.54. The number of carbonyl (C=O) groups excluding carboxylic acids is 1. The van der Waals surface area contributed by atoms with Crippen LogP contribution in [0.1, 0.15) is 36.1 Å². The highest BCUT2D eigenvalue weighted by molar-refractivity contribution is 5.94. The van der Waals surface area contributed by atoms with Crippen molar-refractivity contribution in [2.75, 3.05) is 13.2 Å². The van der Waals surface area contributed by atoms with Crippen molar-refractivity contribution >= 4 is 11.9 Å². The van der Waals surface area contributed by atoms with E-state index < -0.39 is 0 Å². The van der Waals surface area contributed by atoms with Gasteiger partial charge in [-0.3, -0.25) is 4.79 Å². The molecule has 3 nitrogen and oxygen atoms in total. The summed E-state index contributed by atoms with van der Waals surface area (Å²) in [6.45, 7) is 2.60. The predicted octanol–water partition coefficient (Wildman–Crippen LogP) is 2.25. The largest absolute Gasteiger partial charge is 0.374 e. The average Bonchev–Trinajstić information content (AvgIpc) is 2.75. The van der Waals surface area contributed by atoms with Crippen LogP contribution >= 0.6 is 0 Å². The number of aryl methyl sites for hydroxylation is 1. The Kier molecular flexibility index (Phi) is 4.28. The first-order valence-electron chi connectivity index (χ1n) is 6.37. The molecule has 0 saturated heterocycles. The van der Waals surface area contributed by atoms with E-state index in [2.05, 4.69) is 12.1 Å². The molecule has 0 aliphatic heterocycles. The summed E-state index contributed by atoms with van der Waals surface area (Å²) in [5.74, 6) is -0.00551. The fourth-order valence-electron chi connectivity index (χ4n) is 2.21. The van der Waals surface area contributed by atoms with Gasteiger partial charge in [-0.05, 0) is 42.5 Å². The van der Waals surface area contributed by atoms with Gasteiger partial charge in [-0.2, -0.15) is 0 Å². The van der Waals surface area contributed by atoms with Gasteiger partial charge >= 0.3 is 0 Å². The number of hydrogen-bond acceptors (Lipinski definition) is 3. The third-order valence-electron chi connectivity index (χ3n) is 3.20. The average molecular weight is 245 g/mol. The maximum absolute atomic E-state index is 11.4. The van der Waals surface area contributed by atoms with Crippen molar-refractivity contribution in [2.45, 2.75) is 25.8 Å². The first kappa shape index (κ1) is 13.0. The SMILES string of the molecule is CCOCC(=O)/C=C/c1ccc2c(c1)CCC2N. The smallest absolute Gasteiger partial charge is 0.181 e. The monoisotopic (exact) mass is 245 g/mol. The van der Waals surface area contributed by atoms with Gasteiger partial charge in [0, 0.05) is 12.6 Å². The second-order valence-electron chi connectivity index (χ2n) is 4.54. The summed E-state index contributed by atoms with van der Waals surface area (Å²) in [4.78, 5) is 11.4. The summed E-state index contributed by atoms with van der Waals surface area (Å²) >= 11 is 0. The van der Waals surface area contributed by atoms with Gasteiger partial charge in [-0.15, -0.1) is 0 Å². The summed E-state index contributed by atoms with van der Waals surface area (Å²) in [6.07, 6.45) is 5.47. The molecule has 0 fully saturated rings. The molecule has 3 heteroatoms. The van der Waals surface area contributed by atoms with Crippen molar-refractivity contribution in [1.82, 2.24) is 0 Å². The minimum atomic E-state index is -0.00551. The molecule has 1 atom stereocenters. The topological polar surface area (TPSA) is 52.3 Å². The van der Waals surface area contributed by atoms with Gasteiger partial charge in [0.05, 0.1) is 0 Å². The van der Waals surface area contributed by atoms with E-state index >= 15 is 0 Å². The van der Waals surface area contributed by atoms with Crippen molar-refractivity contribution in [3.8, 4) is 0 Å². The maximum Gasteiger partial charge on any atom is 0.181 e. The molecule has 1 aromatic carbocycles. The lowest BCUT2D eigenvalue weighted by Crippen LogP contribution is -2.05. The number of hydrogen-bond donors (Lipinski definition) is 1. The molecule has 0 amide bonds. The Morgan fingerprint density at radius 3 is 3.17 bits per heavy atom. The zero-order chi connectivity index (χ0) is 13.0. The number of nitrogens with two attached hydrogens (primary N) is 1. The molecular formula is C15H19NO2. The Morgan fingerprint density at radius 2 is 2.39 bits per heavy atom. The van der Waals surface area contributed by atoms with Gasteiger partial charge in [-0.25, -0.2) is 0 Å². The van der Waals surface area contributed by atoms with Crippen LogP contribution in [0.4, 0.5) is 0 Å². The Labute approximate surface area is 108 Å². The molecule has 96 valence electrons. The third-order valence-corrected chi connectivity index (χ3v) is 3.20. The number of ether oxygens (including phenoxy) is 1. The molecule has 0 bridgehead atoms. The van der Waals surface area contributed by atoms with Crippen molar-refractivity contribution in [2.24, 2.45) is 5.73 Å². The normalized spacial score (nSPS) is 18.2. The van der Waals surface area contributed by atoms with Crippen LogP contribution in [0.25, 0.3) is 6.08 Å². The highest BCUT2D eigenvalue weighted by atomic mass is 16.5. The van der Waals surface area contributed by atoms with Gasteiger partial charge in [0.15, 0.2) is 5.78 Å². The Hall–Kier alpha value is -1.45. The van der Waals surface area contributed by atoms with Crippen molar-refractivity contribution in [3.05, 3.63) is 41.0 Å². The van der Waals surface area contributed by atoms with Crippen LogP contribution in [0, 0.1) is 0 Å². The van der Waals surface area contributed by atoms with Crippen LogP contribution in [0.15, 0.2) is 24.3 Å². The molecule has 1 aliphatic carbocycles. The Morgan fingerprint density at radius 1 is 1.56 bits per heavy atom. The van der Waals surface area contributed by atoms with Gasteiger partial charge in [-0.1, -0.05) is 24.3 Å². The molecule has 0 aromatic heterocycles. The number of carbonyl (C=O) groups is 1. The van der Waals surface area contributed by atoms with Crippen molar-refractivity contribution in [3.63, 3.8) is 0 Å². The summed E-state index contributed by atoms with van der Waals surface area (Å²) in [5, 5.41) is 0. The van der Waals surface area contributed by atoms with E-state index in [1.165, 1.54) is 11.1 Å². The minimum Gasteiger partial charge on any atom is -0.374 e. The molecule has 2 N–H and O–H groups in total. The minimum absolute atomic E-state index is 0.00551. The van der Waals surface area contributed by atoms with E-state index in [0.29, 0.717) is 6.61 Å². The summed E-state index contributed by atoms with van der Waals surface area (Å²) in [6, 6.07) is 6.37. The highest BCUT2D eigenvalue weighted by Gasteiger charge is 2.18. The maximum atomic E-state index is 11.4. The fraction of sp³-hybridized carbons (Fsp3) is 0.400. The first-order valence-corrected chi connectivity index (χ1v) is 6.37. The second kappa shape index (κ2) is 5.94. The standard InChI is InChI=1S/C15H19NO2/c1-2-18-10-13(17)6-3-11-4-7-14-12(9-11)5-8-15(14)16/h3-4,6-7,9,15H,2,5,8,10,16H2,1H3/b6-3+. The first-order chi connectivity index (χ1) is 8.70. The molecule has 0 saturated carbocycles. The number of rotatable bonds is 5. The number of ketones is 1. The van der Waals surface area contributed by atoms with Crippen LogP contribution in [-0.2, 0) is 16.0 Å². The molecule has 18 heavy (non-hydrogen) atoms. The highest BCUT2D eigenvalue weighted by Crippen LogP contribution is 2.29. The van der Waals surface area contributed by atoms with E-state index in [0.717, 1.165) is 18.4 Å². The Balaban J connectivity index is 2.02. The Bertz CT molecular complexity index is 466. The summed E-state index contributed by atoms with van der Waals surface area (Å²) in [7, 11) is 0. The molecule has 0 spiro atoms. The molecular weight excluding hydrogens is 226 g/mol. The molecule has 0 radical (unpaired) electrons. The third kappa shape index (κ3) is 3.06. The molecule has 1 aromatic rings. The molecule has 2 rings (SSSR count). The van der Waals surface area contributed by atoms with Crippen molar-refractivity contribution < 1.29 is 9.53 Å². The fourth-order valence-corrected chi connectivity index (χ4v) is 2.21. The molecule has 1 unspecified atom stereocenters. The van der Waals surface area contributed by atoms with Crippen LogP contribution in [0.3, 0.4) is 0 Å². The van der Waals surface area contributed by atoms with Crippen molar-refractivity contribution in [1.29, 1.82) is 0 Å². The number of benzene rings is 1. The predicted molar refractivity (Wildman–Crippen MR) is 72.2 cm³/mol. The van der Waals surface area contributed by atoms with Gasteiger partial charge < -0.3 is 10.5 Å². The lowest BCUT2D eigenvalue weighted by atomic mass is 10.0. The zero-order valence-corrected chi connectivity index (χ0v) is 10.7. The zero-order valence-electron chi connectivity index (χ0n) is 10.7. The van der Waals surface area contributed by atoms with E-state index in [4.69, 9.17) is 10.5 Å². The van der Waals surface area contributed by atoms with E-state index in [-0.39, 0.29) is 18.4 Å². The van der Waals surface area contributed by atoms with Gasteiger partial charge in [0.25, 0.3) is 0 Å². The lowest BCUT2D eigenvalue weighted by molar-refractivity contribution is -0.118. The van der Waals surface area contributed by atoms with Crippen LogP contribution in [0.5, 0.6) is 0 Å². The molecule has 0 heterocycles. The van der Waals surface area contributed by atoms with Gasteiger partial charge in [0.1, 0.15) is 6.61 Å².